The van der Waals surface area contributed by atoms with Crippen molar-refractivity contribution in [1.82, 2.24) is 30.8 Å². The summed E-state index contributed by atoms with van der Waals surface area (Å²) in [7, 11) is -16.8. The van der Waals surface area contributed by atoms with Crippen LogP contribution >= 0.6 is 0 Å². The zero-order chi connectivity index (χ0) is 30.9. The molecular formula is C14H32F9N5O11OsS3-3. The van der Waals surface area contributed by atoms with E-state index < -0.39 is 46.9 Å². The van der Waals surface area contributed by atoms with Crippen molar-refractivity contribution in [3.05, 3.63) is 18.6 Å². The summed E-state index contributed by atoms with van der Waals surface area (Å²) in [6.07, 6.45) is 8.22. The van der Waals surface area contributed by atoms with Gasteiger partial charge in [0.05, 0.1) is 12.5 Å². The monoisotopic (exact) mass is 905 g/mol. The quantitative estimate of drug-likeness (QED) is 0.115. The zero-order valence-corrected chi connectivity index (χ0v) is 27.2. The van der Waals surface area contributed by atoms with Gasteiger partial charge in [0.25, 0.3) is 0 Å². The minimum Gasteiger partial charge on any atom is -0.741 e. The van der Waals surface area contributed by atoms with Crippen molar-refractivity contribution in [3.8, 4) is 0 Å². The molecule has 0 spiro atoms. The Hall–Kier alpha value is -1.25. The van der Waals surface area contributed by atoms with Crippen molar-refractivity contribution in [2.45, 2.75) is 43.2 Å². The Morgan fingerprint density at radius 3 is 1.05 bits per heavy atom. The van der Waals surface area contributed by atoms with Crippen LogP contribution in [0.3, 0.4) is 0 Å². The van der Waals surface area contributed by atoms with Gasteiger partial charge in [-0.1, -0.05) is 12.2 Å². The maximum Gasteiger partial charge on any atom is 0.485 e. The fraction of sp³-hybridized carbons (Fsp3) is 0.714. The third kappa shape index (κ3) is 26.8. The second-order valence-electron chi connectivity index (χ2n) is 6.75. The van der Waals surface area contributed by atoms with Gasteiger partial charge in [-0.3, -0.25) is 4.79 Å². The molecule has 1 rings (SSSR count). The van der Waals surface area contributed by atoms with Gasteiger partial charge in [0, 0.05) is 19.8 Å². The molecule has 1 unspecified atom stereocenters. The number of alkyl halides is 9. The summed E-state index contributed by atoms with van der Waals surface area (Å²) in [5.41, 5.74) is -17.3. The van der Waals surface area contributed by atoms with E-state index in [9.17, 15) is 44.3 Å². The fourth-order valence-electron chi connectivity index (χ4n) is 1.70. The molecule has 0 saturated heterocycles. The van der Waals surface area contributed by atoms with Crippen LogP contribution in [0.4, 0.5) is 39.5 Å². The first kappa shape index (κ1) is 64.6. The predicted molar refractivity (Wildman–Crippen MR) is 124 cm³/mol. The number of halogens is 9. The SMILES string of the molecule is COC(=O)C(C)(C)C1C[CH]C=CC1.N.N.N.N.N.O=S(=O)([O-])C(F)(F)F.O=S(=O)([O-])C(F)(F)F.O=S(=O)([O-])C(F)(F)F.[Os]. The number of ether oxygens (including phenoxy) is 1. The van der Waals surface area contributed by atoms with Gasteiger partial charge in [-0.2, -0.15) is 39.5 Å². The maximum atomic E-state index is 11.5. The van der Waals surface area contributed by atoms with E-state index in [-0.39, 0.29) is 61.9 Å². The first-order valence-corrected chi connectivity index (χ1v) is 12.7. The van der Waals surface area contributed by atoms with E-state index in [1.54, 1.807) is 0 Å². The van der Waals surface area contributed by atoms with Crippen molar-refractivity contribution >= 4 is 36.3 Å². The Morgan fingerprint density at radius 2 is 0.907 bits per heavy atom. The summed E-state index contributed by atoms with van der Waals surface area (Å²) < 4.78 is 181. The summed E-state index contributed by atoms with van der Waals surface area (Å²) in [6.45, 7) is 3.91. The van der Waals surface area contributed by atoms with Gasteiger partial charge in [0.2, 0.25) is 0 Å². The second-order valence-corrected chi connectivity index (χ2v) is 10.9. The third-order valence-electron chi connectivity index (χ3n) is 3.70. The van der Waals surface area contributed by atoms with Crippen molar-refractivity contribution in [2.75, 3.05) is 7.11 Å². The summed E-state index contributed by atoms with van der Waals surface area (Å²) >= 11 is 0. The van der Waals surface area contributed by atoms with Gasteiger partial charge in [-0.15, -0.1) is 0 Å². The number of allylic oxidation sites excluding steroid dienone is 2. The van der Waals surface area contributed by atoms with E-state index in [1.165, 1.54) is 7.11 Å². The number of methoxy groups -OCH3 is 1. The van der Waals surface area contributed by atoms with Gasteiger partial charge < -0.3 is 49.1 Å². The number of hydrogen-bond acceptors (Lipinski definition) is 16. The number of esters is 1. The maximum absolute atomic E-state index is 11.5. The summed E-state index contributed by atoms with van der Waals surface area (Å²) in [5.74, 6) is 0.270. The predicted octanol–water partition coefficient (Wildman–Crippen LogP) is 3.32. The van der Waals surface area contributed by atoms with E-state index in [0.717, 1.165) is 12.8 Å². The molecule has 43 heavy (non-hydrogen) atoms. The van der Waals surface area contributed by atoms with Crippen molar-refractivity contribution in [3.63, 3.8) is 0 Å². The molecule has 0 heterocycles. The van der Waals surface area contributed by atoms with Crippen molar-refractivity contribution in [1.29, 1.82) is 0 Å². The van der Waals surface area contributed by atoms with Crippen LogP contribution in [0.5, 0.6) is 0 Å². The van der Waals surface area contributed by atoms with Crippen molar-refractivity contribution in [2.24, 2.45) is 11.3 Å². The molecule has 1 aliphatic carbocycles. The number of carbonyl (C=O) groups is 1. The molecule has 271 valence electrons. The third-order valence-corrected chi connectivity index (χ3v) is 5.40. The molecule has 0 saturated carbocycles. The van der Waals surface area contributed by atoms with E-state index in [2.05, 4.69) is 18.6 Å². The summed E-state index contributed by atoms with van der Waals surface area (Å²) in [4.78, 5) is 11.5. The summed E-state index contributed by atoms with van der Waals surface area (Å²) in [5, 5.41) is 0. The number of rotatable bonds is 2. The Morgan fingerprint density at radius 1 is 0.674 bits per heavy atom. The first-order valence-electron chi connectivity index (χ1n) is 8.47. The van der Waals surface area contributed by atoms with Gasteiger partial charge in [0.1, 0.15) is 0 Å². The standard InChI is InChI=1S/C11H17O2.3CHF3O3S.5H3N.Os/c1-11(2,10(12)13-3)9-7-5-4-6-8-9;3*2-1(3,4)8(5,6)7;;;;;;/h4-6,9H,7-8H2,1-3H3;3*(H,5,6,7);5*1H3;/p-3. The number of hydrogen-bond donors (Lipinski definition) is 5. The topological polar surface area (TPSA) is 373 Å². The normalized spacial score (nSPS) is 14.7. The molecule has 0 aliphatic heterocycles. The average molecular weight is 904 g/mol. The van der Waals surface area contributed by atoms with E-state index in [4.69, 9.17) is 43.6 Å². The smallest absolute Gasteiger partial charge is 0.485 e. The van der Waals surface area contributed by atoms with Crippen LogP contribution in [0.15, 0.2) is 12.2 Å². The Labute approximate surface area is 254 Å². The average Bonchev–Trinajstić information content (AvgIpc) is 2.64. The van der Waals surface area contributed by atoms with Gasteiger partial charge in [-0.05, 0) is 39.0 Å². The Bertz CT molecular complexity index is 1000. The van der Waals surface area contributed by atoms with Gasteiger partial charge in [0.15, 0.2) is 30.4 Å². The van der Waals surface area contributed by atoms with E-state index >= 15 is 0 Å². The summed E-state index contributed by atoms with van der Waals surface area (Å²) in [6, 6.07) is 0. The van der Waals surface area contributed by atoms with Crippen LogP contribution in [0.2, 0.25) is 0 Å². The molecule has 29 heteroatoms. The fourth-order valence-corrected chi connectivity index (χ4v) is 1.70. The van der Waals surface area contributed by atoms with Gasteiger partial charge in [-0.25, -0.2) is 25.3 Å². The van der Waals surface area contributed by atoms with E-state index in [1.807, 2.05) is 13.8 Å². The second kappa shape index (κ2) is 23.1. The molecule has 1 aliphatic rings. The first-order chi connectivity index (χ1) is 15.8. The van der Waals surface area contributed by atoms with Crippen LogP contribution in [-0.4, -0.2) is 68.5 Å². The minimum absolute atomic E-state index is 0. The zero-order valence-electron chi connectivity index (χ0n) is 22.2. The van der Waals surface area contributed by atoms with Crippen LogP contribution in [0.25, 0.3) is 0 Å². The molecule has 0 amide bonds. The Kier molecular flexibility index (Phi) is 34.8. The largest absolute Gasteiger partial charge is 0.741 e. The van der Waals surface area contributed by atoms with Crippen LogP contribution in [0, 0.1) is 17.8 Å². The molecule has 0 aromatic heterocycles. The molecule has 0 aromatic rings. The molecule has 1 radical (unpaired) electrons. The van der Waals surface area contributed by atoms with Crippen LogP contribution < -0.4 is 30.8 Å². The van der Waals surface area contributed by atoms with E-state index in [0.29, 0.717) is 5.92 Å². The van der Waals surface area contributed by atoms with Crippen LogP contribution in [0.1, 0.15) is 26.7 Å². The molecule has 15 N–H and O–H groups in total. The molecule has 1 atom stereocenters. The van der Waals surface area contributed by atoms with Crippen LogP contribution in [-0.2, 0) is 59.7 Å². The number of carbonyl (C=O) groups excluding carboxylic acids is 1. The molecule has 16 nitrogen and oxygen atoms in total. The molecular weight excluding hydrogens is 872 g/mol. The Balaban J connectivity index is -0.0000000502. The van der Waals surface area contributed by atoms with Crippen molar-refractivity contribution < 1.29 is 108 Å². The molecule has 0 bridgehead atoms. The molecule has 0 fully saturated rings. The van der Waals surface area contributed by atoms with Gasteiger partial charge >= 0.3 is 22.5 Å². The minimum atomic E-state index is -6.09. The molecule has 0 aromatic carbocycles.